The van der Waals surface area contributed by atoms with E-state index in [1.54, 1.807) is 30.8 Å². The van der Waals surface area contributed by atoms with Crippen LogP contribution in [0.4, 0.5) is 0 Å². The van der Waals surface area contributed by atoms with Crippen LogP contribution in [-0.2, 0) is 24.1 Å². The fourth-order valence-corrected chi connectivity index (χ4v) is 4.53. The molecule has 8 heteroatoms. The number of carbonyl (C=O) groups is 1. The van der Waals surface area contributed by atoms with Gasteiger partial charge in [0.25, 0.3) is 0 Å². The first kappa shape index (κ1) is 25.3. The van der Waals surface area contributed by atoms with Crippen molar-refractivity contribution in [2.24, 2.45) is 0 Å². The molecular formula is C28H29N3O4S. The summed E-state index contributed by atoms with van der Waals surface area (Å²) in [6, 6.07) is 16.4. The van der Waals surface area contributed by atoms with Crippen LogP contribution in [-0.4, -0.2) is 31.6 Å². The lowest BCUT2D eigenvalue weighted by Gasteiger charge is -2.26. The molecule has 0 bridgehead atoms. The number of aromatic nitrogens is 3. The van der Waals surface area contributed by atoms with Crippen molar-refractivity contribution in [1.82, 2.24) is 15.0 Å². The van der Waals surface area contributed by atoms with Crippen LogP contribution in [0.5, 0.6) is 11.5 Å². The maximum atomic E-state index is 12.0. The van der Waals surface area contributed by atoms with E-state index >= 15 is 0 Å². The van der Waals surface area contributed by atoms with Crippen molar-refractivity contribution in [3.63, 3.8) is 0 Å². The van der Waals surface area contributed by atoms with Crippen LogP contribution in [0.1, 0.15) is 47.5 Å². The maximum Gasteiger partial charge on any atom is 0.348 e. The van der Waals surface area contributed by atoms with E-state index in [0.29, 0.717) is 17.9 Å². The summed E-state index contributed by atoms with van der Waals surface area (Å²) in [5, 5.41) is 9.86. The predicted molar refractivity (Wildman–Crippen MR) is 139 cm³/mol. The Balaban J connectivity index is 1.48. The maximum absolute atomic E-state index is 12.0. The highest BCUT2D eigenvalue weighted by molar-refractivity contribution is 7.09. The van der Waals surface area contributed by atoms with Crippen LogP contribution in [0.2, 0.25) is 0 Å². The van der Waals surface area contributed by atoms with E-state index in [-0.39, 0.29) is 12.5 Å². The van der Waals surface area contributed by atoms with Crippen LogP contribution in [0.15, 0.2) is 72.5 Å². The second-order valence-corrected chi connectivity index (χ2v) is 9.65. The largest absolute Gasteiger partial charge is 0.484 e. The molecule has 0 fully saturated rings. The van der Waals surface area contributed by atoms with Crippen molar-refractivity contribution >= 4 is 17.3 Å². The number of carboxylic acids is 1. The van der Waals surface area contributed by atoms with Crippen LogP contribution >= 0.6 is 11.3 Å². The van der Waals surface area contributed by atoms with Gasteiger partial charge in [0.15, 0.2) is 0 Å². The van der Waals surface area contributed by atoms with Gasteiger partial charge in [-0.15, -0.1) is 11.3 Å². The van der Waals surface area contributed by atoms with Gasteiger partial charge in [-0.1, -0.05) is 37.3 Å². The molecule has 0 aliphatic heterocycles. The predicted octanol–water partition coefficient (Wildman–Crippen LogP) is 5.63. The third kappa shape index (κ3) is 6.26. The van der Waals surface area contributed by atoms with Crippen LogP contribution in [0.3, 0.4) is 0 Å². The Hall–Kier alpha value is -3.78. The number of aryl methyl sites for hydroxylation is 2. The molecule has 186 valence electrons. The van der Waals surface area contributed by atoms with Gasteiger partial charge in [0.1, 0.15) is 23.4 Å². The first-order valence-corrected chi connectivity index (χ1v) is 12.7. The second kappa shape index (κ2) is 11.3. The Morgan fingerprint density at radius 1 is 1.08 bits per heavy atom. The van der Waals surface area contributed by atoms with E-state index in [1.165, 1.54) is 11.3 Å². The molecule has 4 rings (SSSR count). The number of thiazole rings is 1. The summed E-state index contributed by atoms with van der Waals surface area (Å²) in [6.45, 7) is 5.67. The molecule has 4 aromatic rings. The average molecular weight is 504 g/mol. The molecule has 36 heavy (non-hydrogen) atoms. The number of rotatable bonds is 11. The van der Waals surface area contributed by atoms with Crippen LogP contribution in [0, 0.1) is 6.92 Å². The number of benzene rings is 2. The van der Waals surface area contributed by atoms with Crippen LogP contribution < -0.4 is 9.47 Å². The van der Waals surface area contributed by atoms with Crippen molar-refractivity contribution in [3.05, 3.63) is 100 Å². The quantitative estimate of drug-likeness (QED) is 0.283. The minimum absolute atomic E-state index is 0.201. The fourth-order valence-electron chi connectivity index (χ4n) is 3.88. The summed E-state index contributed by atoms with van der Waals surface area (Å²) in [5.74, 6) is 0.871. The Kier molecular flexibility index (Phi) is 7.95. The molecule has 1 N–H and O–H groups in total. The van der Waals surface area contributed by atoms with Crippen molar-refractivity contribution in [3.8, 4) is 11.5 Å². The first-order chi connectivity index (χ1) is 17.4. The third-order valence-corrected chi connectivity index (χ3v) is 6.80. The van der Waals surface area contributed by atoms with Crippen LogP contribution in [0.25, 0.3) is 0 Å². The summed E-state index contributed by atoms with van der Waals surface area (Å²) >= 11 is 1.52. The van der Waals surface area contributed by atoms with Gasteiger partial charge in [-0.2, -0.15) is 0 Å². The van der Waals surface area contributed by atoms with Gasteiger partial charge in [0.05, 0.1) is 10.4 Å². The van der Waals surface area contributed by atoms with Crippen molar-refractivity contribution in [2.75, 3.05) is 0 Å². The number of hydrogen-bond acceptors (Lipinski definition) is 7. The number of carboxylic acid groups (broad SMARTS) is 1. The topological polar surface area (TPSA) is 94.4 Å². The summed E-state index contributed by atoms with van der Waals surface area (Å²) in [7, 11) is 0. The van der Waals surface area contributed by atoms with Gasteiger partial charge in [-0.25, -0.2) is 14.8 Å². The van der Waals surface area contributed by atoms with Gasteiger partial charge in [-0.3, -0.25) is 4.98 Å². The molecule has 2 aromatic carbocycles. The molecular weight excluding hydrogens is 474 g/mol. The highest BCUT2D eigenvalue weighted by Crippen LogP contribution is 2.29. The van der Waals surface area contributed by atoms with E-state index in [9.17, 15) is 9.90 Å². The SMILES string of the molecule is CCc1cnc(CC(Oc2ccc(CC(C)(Oc3ccccc3)C(=O)O)cc2)c2cncs2)nc1C. The fraction of sp³-hybridized carbons (Fsp3) is 0.286. The normalized spacial score (nSPS) is 13.5. The molecule has 0 saturated heterocycles. The van der Waals surface area contributed by atoms with Gasteiger partial charge >= 0.3 is 5.97 Å². The first-order valence-electron chi connectivity index (χ1n) is 11.8. The third-order valence-electron chi connectivity index (χ3n) is 5.93. The molecule has 0 aliphatic carbocycles. The summed E-state index contributed by atoms with van der Waals surface area (Å²) < 4.78 is 12.2. The van der Waals surface area contributed by atoms with E-state index in [2.05, 4.69) is 21.9 Å². The molecule has 0 amide bonds. The van der Waals surface area contributed by atoms with Crippen molar-refractivity contribution in [2.45, 2.75) is 51.7 Å². The lowest BCUT2D eigenvalue weighted by molar-refractivity contribution is -0.153. The number of hydrogen-bond donors (Lipinski definition) is 1. The highest BCUT2D eigenvalue weighted by Gasteiger charge is 2.36. The summed E-state index contributed by atoms with van der Waals surface area (Å²) in [4.78, 5) is 26.4. The Morgan fingerprint density at radius 3 is 2.44 bits per heavy atom. The van der Waals surface area contributed by atoms with Crippen molar-refractivity contribution < 1.29 is 19.4 Å². The number of nitrogens with zero attached hydrogens (tertiary/aromatic N) is 3. The molecule has 2 heterocycles. The van der Waals surface area contributed by atoms with E-state index in [1.807, 2.05) is 55.6 Å². The number of aliphatic carboxylic acids is 1. The molecule has 2 unspecified atom stereocenters. The van der Waals surface area contributed by atoms with Gasteiger partial charge < -0.3 is 14.6 Å². The highest BCUT2D eigenvalue weighted by atomic mass is 32.1. The second-order valence-electron chi connectivity index (χ2n) is 8.74. The monoisotopic (exact) mass is 503 g/mol. The molecule has 0 aliphatic rings. The van der Waals surface area contributed by atoms with Gasteiger partial charge in [-0.05, 0) is 55.7 Å². The zero-order chi connectivity index (χ0) is 25.5. The lowest BCUT2D eigenvalue weighted by Crippen LogP contribution is -2.43. The van der Waals surface area contributed by atoms with Gasteiger partial charge in [0.2, 0.25) is 5.60 Å². The standard InChI is InChI=1S/C28H29N3O4S/c1-4-21-16-30-26(31-19(21)2)14-24(25-17-29-18-36-25)34-22-12-10-20(11-13-22)15-28(3,27(32)33)35-23-8-6-5-7-9-23/h5-13,16-18,24H,4,14-15H2,1-3H3,(H,32,33). The molecule has 0 radical (unpaired) electrons. The molecule has 2 atom stereocenters. The van der Waals surface area contributed by atoms with E-state index in [4.69, 9.17) is 9.47 Å². The minimum atomic E-state index is -1.41. The molecule has 0 spiro atoms. The lowest BCUT2D eigenvalue weighted by atomic mass is 9.96. The van der Waals surface area contributed by atoms with E-state index < -0.39 is 11.6 Å². The number of para-hydroxylation sites is 1. The Bertz CT molecular complexity index is 1280. The van der Waals surface area contributed by atoms with Gasteiger partial charge in [0, 0.05) is 30.9 Å². The smallest absolute Gasteiger partial charge is 0.348 e. The number of ether oxygens (including phenoxy) is 2. The summed E-state index contributed by atoms with van der Waals surface area (Å²) in [6.07, 6.45) is 5.00. The van der Waals surface area contributed by atoms with Crippen molar-refractivity contribution in [1.29, 1.82) is 0 Å². The summed E-state index contributed by atoms with van der Waals surface area (Å²) in [5.41, 5.74) is 3.31. The molecule has 7 nitrogen and oxygen atoms in total. The zero-order valence-corrected chi connectivity index (χ0v) is 21.4. The van der Waals surface area contributed by atoms with E-state index in [0.717, 1.165) is 33.9 Å². The zero-order valence-electron chi connectivity index (χ0n) is 20.5. The minimum Gasteiger partial charge on any atom is -0.484 e. The Morgan fingerprint density at radius 2 is 1.83 bits per heavy atom. The average Bonchev–Trinajstić information content (AvgIpc) is 3.40. The molecule has 0 saturated carbocycles. The Labute approximate surface area is 214 Å². The molecule has 2 aromatic heterocycles.